The molecule has 0 spiro atoms. The maximum Gasteiger partial charge on any atom is 0.129 e. The maximum absolute atomic E-state index is 5.12. The third-order valence-electron chi connectivity index (χ3n) is 2.34. The number of anilines is 1. The monoisotopic (exact) mass is 194 g/mol. The molecule has 1 N–H and O–H groups in total. The summed E-state index contributed by atoms with van der Waals surface area (Å²) in [6.45, 7) is 6.50. The zero-order valence-corrected chi connectivity index (χ0v) is 9.24. The van der Waals surface area contributed by atoms with E-state index < -0.39 is 0 Å². The summed E-state index contributed by atoms with van der Waals surface area (Å²) in [4.78, 5) is 4.22. The molecule has 0 aliphatic heterocycles. The van der Waals surface area contributed by atoms with Crippen LogP contribution in [-0.2, 0) is 0 Å². The molecule has 0 bridgehead atoms. The number of hydrogen-bond donors (Lipinski definition) is 1. The molecule has 0 aliphatic rings. The van der Waals surface area contributed by atoms with Crippen molar-refractivity contribution in [2.45, 2.75) is 26.8 Å². The first-order chi connectivity index (χ1) is 6.63. The van der Waals surface area contributed by atoms with Crippen molar-refractivity contribution in [1.29, 1.82) is 0 Å². The molecule has 0 aliphatic carbocycles. The van der Waals surface area contributed by atoms with Crippen molar-refractivity contribution in [1.82, 2.24) is 4.98 Å². The predicted octanol–water partition coefficient (Wildman–Crippen LogP) is 2.55. The van der Waals surface area contributed by atoms with E-state index in [-0.39, 0.29) is 0 Å². The number of hydrogen-bond acceptors (Lipinski definition) is 3. The molecule has 0 amide bonds. The Morgan fingerprint density at radius 2 is 2.07 bits per heavy atom. The van der Waals surface area contributed by atoms with Gasteiger partial charge in [-0.2, -0.15) is 0 Å². The van der Waals surface area contributed by atoms with Crippen LogP contribution in [0.15, 0.2) is 18.3 Å². The van der Waals surface area contributed by atoms with Gasteiger partial charge in [-0.15, -0.1) is 0 Å². The van der Waals surface area contributed by atoms with Crippen LogP contribution < -0.4 is 10.1 Å². The van der Waals surface area contributed by atoms with E-state index in [1.165, 1.54) is 0 Å². The molecule has 1 rings (SSSR count). The van der Waals surface area contributed by atoms with E-state index in [0.29, 0.717) is 12.0 Å². The van der Waals surface area contributed by atoms with Crippen LogP contribution in [0.3, 0.4) is 0 Å². The molecule has 0 saturated carbocycles. The summed E-state index contributed by atoms with van der Waals surface area (Å²) in [5.41, 5.74) is 0. The highest BCUT2D eigenvalue weighted by atomic mass is 16.5. The van der Waals surface area contributed by atoms with Gasteiger partial charge in [-0.3, -0.25) is 0 Å². The van der Waals surface area contributed by atoms with Crippen LogP contribution in [0.5, 0.6) is 5.75 Å². The number of aromatic nitrogens is 1. The molecule has 0 fully saturated rings. The van der Waals surface area contributed by atoms with Crippen LogP contribution in [0.1, 0.15) is 20.8 Å². The second-order valence-electron chi connectivity index (χ2n) is 3.76. The van der Waals surface area contributed by atoms with Crippen LogP contribution in [-0.4, -0.2) is 18.1 Å². The highest BCUT2D eigenvalue weighted by Crippen LogP contribution is 2.15. The molecule has 1 aromatic rings. The third kappa shape index (κ3) is 2.91. The molecule has 0 radical (unpaired) electrons. The van der Waals surface area contributed by atoms with Gasteiger partial charge in [0.2, 0.25) is 0 Å². The van der Waals surface area contributed by atoms with Crippen molar-refractivity contribution in [3.8, 4) is 5.75 Å². The molecule has 1 unspecified atom stereocenters. The van der Waals surface area contributed by atoms with Gasteiger partial charge in [-0.05, 0) is 18.9 Å². The van der Waals surface area contributed by atoms with Gasteiger partial charge in [0.1, 0.15) is 11.6 Å². The summed E-state index contributed by atoms with van der Waals surface area (Å²) in [5.74, 6) is 2.28. The van der Waals surface area contributed by atoms with Crippen molar-refractivity contribution >= 4 is 5.82 Å². The third-order valence-corrected chi connectivity index (χ3v) is 2.34. The smallest absolute Gasteiger partial charge is 0.129 e. The molecular weight excluding hydrogens is 176 g/mol. The van der Waals surface area contributed by atoms with Gasteiger partial charge in [0, 0.05) is 18.3 Å². The Kier molecular flexibility index (Phi) is 3.74. The summed E-state index contributed by atoms with van der Waals surface area (Å²) in [6.07, 6.45) is 1.74. The van der Waals surface area contributed by atoms with E-state index in [0.717, 1.165) is 11.6 Å². The van der Waals surface area contributed by atoms with E-state index in [1.807, 2.05) is 12.1 Å². The second-order valence-corrected chi connectivity index (χ2v) is 3.76. The average Bonchev–Trinajstić information content (AvgIpc) is 2.18. The quantitative estimate of drug-likeness (QED) is 0.799. The van der Waals surface area contributed by atoms with Gasteiger partial charge in [0.15, 0.2) is 0 Å². The summed E-state index contributed by atoms with van der Waals surface area (Å²) < 4.78 is 5.12. The molecule has 3 nitrogen and oxygen atoms in total. The van der Waals surface area contributed by atoms with Crippen molar-refractivity contribution in [2.75, 3.05) is 12.4 Å². The standard InChI is InChI=1S/C11H18N2O/c1-8(2)9(3)13-11-7-10(14-4)5-6-12-11/h5-9H,1-4H3,(H,12,13). The van der Waals surface area contributed by atoms with Gasteiger partial charge in [-0.25, -0.2) is 4.98 Å². The number of ether oxygens (including phenoxy) is 1. The Labute approximate surface area is 85.5 Å². The molecule has 78 valence electrons. The molecule has 1 heterocycles. The average molecular weight is 194 g/mol. The highest BCUT2D eigenvalue weighted by Gasteiger charge is 2.07. The fourth-order valence-electron chi connectivity index (χ4n) is 1.02. The molecule has 3 heteroatoms. The summed E-state index contributed by atoms with van der Waals surface area (Å²) in [5, 5.41) is 3.32. The molecule has 0 saturated heterocycles. The fourth-order valence-corrected chi connectivity index (χ4v) is 1.02. The van der Waals surface area contributed by atoms with E-state index in [9.17, 15) is 0 Å². The van der Waals surface area contributed by atoms with Crippen molar-refractivity contribution in [2.24, 2.45) is 5.92 Å². The van der Waals surface area contributed by atoms with Gasteiger partial charge < -0.3 is 10.1 Å². The molecule has 1 aromatic heterocycles. The fraction of sp³-hybridized carbons (Fsp3) is 0.545. The minimum atomic E-state index is 0.412. The van der Waals surface area contributed by atoms with Crippen LogP contribution in [0.2, 0.25) is 0 Å². The van der Waals surface area contributed by atoms with E-state index in [4.69, 9.17) is 4.74 Å². The van der Waals surface area contributed by atoms with Crippen LogP contribution in [0.25, 0.3) is 0 Å². The summed E-state index contributed by atoms with van der Waals surface area (Å²) in [7, 11) is 1.66. The lowest BCUT2D eigenvalue weighted by Gasteiger charge is -2.18. The van der Waals surface area contributed by atoms with Gasteiger partial charge in [-0.1, -0.05) is 13.8 Å². The van der Waals surface area contributed by atoms with Crippen molar-refractivity contribution < 1.29 is 4.74 Å². The lowest BCUT2D eigenvalue weighted by Crippen LogP contribution is -2.21. The van der Waals surface area contributed by atoms with Gasteiger partial charge in [0.25, 0.3) is 0 Å². The maximum atomic E-state index is 5.12. The second kappa shape index (κ2) is 4.84. The lowest BCUT2D eigenvalue weighted by molar-refractivity contribution is 0.414. The molecule has 1 atom stereocenters. The minimum Gasteiger partial charge on any atom is -0.497 e. The SMILES string of the molecule is COc1ccnc(NC(C)C(C)C)c1. The molecular formula is C11H18N2O. The number of nitrogens with one attached hydrogen (secondary N) is 1. The van der Waals surface area contributed by atoms with E-state index >= 15 is 0 Å². The Bertz CT molecular complexity index is 286. The minimum absolute atomic E-state index is 0.412. The Morgan fingerprint density at radius 3 is 2.64 bits per heavy atom. The van der Waals surface area contributed by atoms with Crippen LogP contribution >= 0.6 is 0 Å². The zero-order chi connectivity index (χ0) is 10.6. The Morgan fingerprint density at radius 1 is 1.36 bits per heavy atom. The largest absolute Gasteiger partial charge is 0.497 e. The molecule has 14 heavy (non-hydrogen) atoms. The number of pyridine rings is 1. The zero-order valence-electron chi connectivity index (χ0n) is 9.24. The Hall–Kier alpha value is -1.25. The number of rotatable bonds is 4. The first-order valence-corrected chi connectivity index (χ1v) is 4.90. The van der Waals surface area contributed by atoms with E-state index in [2.05, 4.69) is 31.1 Å². The van der Waals surface area contributed by atoms with Gasteiger partial charge in [0.05, 0.1) is 7.11 Å². The normalized spacial score (nSPS) is 12.6. The number of nitrogens with zero attached hydrogens (tertiary/aromatic N) is 1. The van der Waals surface area contributed by atoms with Crippen LogP contribution in [0.4, 0.5) is 5.82 Å². The summed E-state index contributed by atoms with van der Waals surface area (Å²) >= 11 is 0. The summed E-state index contributed by atoms with van der Waals surface area (Å²) in [6, 6.07) is 4.15. The van der Waals surface area contributed by atoms with E-state index in [1.54, 1.807) is 13.3 Å². The topological polar surface area (TPSA) is 34.1 Å². The Balaban J connectivity index is 2.66. The van der Waals surface area contributed by atoms with Gasteiger partial charge >= 0.3 is 0 Å². The molecule has 0 aromatic carbocycles. The number of methoxy groups -OCH3 is 1. The van der Waals surface area contributed by atoms with Crippen LogP contribution in [0, 0.1) is 5.92 Å². The highest BCUT2D eigenvalue weighted by molar-refractivity contribution is 5.41. The predicted molar refractivity (Wildman–Crippen MR) is 58.7 cm³/mol. The first-order valence-electron chi connectivity index (χ1n) is 4.90. The van der Waals surface area contributed by atoms with Crippen molar-refractivity contribution in [3.63, 3.8) is 0 Å². The lowest BCUT2D eigenvalue weighted by atomic mass is 10.1. The first kappa shape index (κ1) is 10.8. The van der Waals surface area contributed by atoms with Crippen molar-refractivity contribution in [3.05, 3.63) is 18.3 Å².